The van der Waals surface area contributed by atoms with E-state index in [-0.39, 0.29) is 24.2 Å². The fourth-order valence-electron chi connectivity index (χ4n) is 4.32. The average Bonchev–Trinajstić information content (AvgIpc) is 2.78. The first-order valence-electron chi connectivity index (χ1n) is 10.6. The molecular weight excluding hydrogens is 448 g/mol. The maximum Gasteiger partial charge on any atom is 0.416 e. The second-order valence-corrected chi connectivity index (χ2v) is 8.62. The van der Waals surface area contributed by atoms with Gasteiger partial charge in [-0.3, -0.25) is 4.79 Å². The quantitative estimate of drug-likeness (QED) is 0.522. The Kier molecular flexibility index (Phi) is 7.12. The number of nitrogens with one attached hydrogen (secondary N) is 1. The van der Waals surface area contributed by atoms with Crippen LogP contribution < -0.4 is 5.32 Å². The molecule has 33 heavy (non-hydrogen) atoms. The number of halogens is 6. The van der Waals surface area contributed by atoms with Crippen LogP contribution in [0.3, 0.4) is 0 Å². The van der Waals surface area contributed by atoms with E-state index in [0.29, 0.717) is 37.8 Å². The molecule has 0 spiro atoms. The van der Waals surface area contributed by atoms with Gasteiger partial charge in [-0.1, -0.05) is 30.3 Å². The van der Waals surface area contributed by atoms with Crippen molar-refractivity contribution < 1.29 is 36.2 Å². The third kappa shape index (κ3) is 5.69. The standard InChI is InChI=1S/C24H25F6NO2/c1-15(17-11-19(23(25,26)27)13-20(12-17)24(28,29)30)21(33)31-22(18-5-3-2-4-6-18)9-7-16(14-32)8-10-22/h2-6,11-13,15-16,32H,7-10,14H2,1H3,(H,31,33)/t15?,16-,22-. The van der Waals surface area contributed by atoms with Crippen LogP contribution in [0.5, 0.6) is 0 Å². The lowest BCUT2D eigenvalue weighted by molar-refractivity contribution is -0.143. The molecule has 2 N–H and O–H groups in total. The van der Waals surface area contributed by atoms with Gasteiger partial charge in [0.15, 0.2) is 0 Å². The lowest BCUT2D eigenvalue weighted by atomic mass is 9.72. The SMILES string of the molecule is CC(C(=O)N[C@]1(c2ccccc2)CC[C@@H](CO)CC1)c1cc(C(F)(F)F)cc(C(F)(F)F)c1. The van der Waals surface area contributed by atoms with E-state index in [1.807, 2.05) is 18.2 Å². The van der Waals surface area contributed by atoms with Crippen molar-refractivity contribution in [2.24, 2.45) is 5.92 Å². The zero-order valence-electron chi connectivity index (χ0n) is 17.9. The Morgan fingerprint density at radius 1 is 1.00 bits per heavy atom. The van der Waals surface area contributed by atoms with E-state index in [9.17, 15) is 36.2 Å². The van der Waals surface area contributed by atoms with Crippen LogP contribution in [0.1, 0.15) is 60.8 Å². The number of carbonyl (C=O) groups excluding carboxylic acids is 1. The number of benzene rings is 2. The number of rotatable bonds is 5. The van der Waals surface area contributed by atoms with Crippen molar-refractivity contribution in [1.82, 2.24) is 5.32 Å². The highest BCUT2D eigenvalue weighted by Gasteiger charge is 2.40. The van der Waals surface area contributed by atoms with Crippen molar-refractivity contribution in [2.75, 3.05) is 6.61 Å². The van der Waals surface area contributed by atoms with E-state index in [4.69, 9.17) is 0 Å². The average molecular weight is 473 g/mol. The van der Waals surface area contributed by atoms with Gasteiger partial charge in [-0.25, -0.2) is 0 Å². The summed E-state index contributed by atoms with van der Waals surface area (Å²) in [7, 11) is 0. The molecule has 1 fully saturated rings. The van der Waals surface area contributed by atoms with Gasteiger partial charge in [0.1, 0.15) is 0 Å². The predicted octanol–water partition coefficient (Wildman–Crippen LogP) is 6.02. The summed E-state index contributed by atoms with van der Waals surface area (Å²) < 4.78 is 79.4. The summed E-state index contributed by atoms with van der Waals surface area (Å²) in [6.07, 6.45) is -7.72. The normalized spacial score (nSPS) is 22.6. The van der Waals surface area contributed by atoms with Crippen molar-refractivity contribution in [3.8, 4) is 0 Å². The number of aliphatic hydroxyl groups excluding tert-OH is 1. The molecular formula is C24H25F6NO2. The molecule has 1 aliphatic carbocycles. The molecule has 0 aliphatic heterocycles. The second kappa shape index (κ2) is 9.37. The molecule has 1 saturated carbocycles. The van der Waals surface area contributed by atoms with Crippen LogP contribution in [0.2, 0.25) is 0 Å². The molecule has 3 rings (SSSR count). The zero-order chi connectivity index (χ0) is 24.4. The van der Waals surface area contributed by atoms with Crippen molar-refractivity contribution in [3.63, 3.8) is 0 Å². The molecule has 1 unspecified atom stereocenters. The number of amides is 1. The first kappa shape index (κ1) is 25.1. The van der Waals surface area contributed by atoms with Gasteiger partial charge in [0, 0.05) is 6.61 Å². The second-order valence-electron chi connectivity index (χ2n) is 8.62. The van der Waals surface area contributed by atoms with E-state index >= 15 is 0 Å². The summed E-state index contributed by atoms with van der Waals surface area (Å²) in [6.45, 7) is 1.31. The first-order valence-corrected chi connectivity index (χ1v) is 10.6. The smallest absolute Gasteiger partial charge is 0.396 e. The Morgan fingerprint density at radius 2 is 1.52 bits per heavy atom. The molecule has 0 bridgehead atoms. The highest BCUT2D eigenvalue weighted by atomic mass is 19.4. The molecule has 0 heterocycles. The van der Waals surface area contributed by atoms with E-state index in [1.54, 1.807) is 12.1 Å². The topological polar surface area (TPSA) is 49.3 Å². The van der Waals surface area contributed by atoms with Gasteiger partial charge >= 0.3 is 12.4 Å². The van der Waals surface area contributed by atoms with Gasteiger partial charge in [0.2, 0.25) is 5.91 Å². The van der Waals surface area contributed by atoms with Gasteiger partial charge in [0.25, 0.3) is 0 Å². The largest absolute Gasteiger partial charge is 0.416 e. The summed E-state index contributed by atoms with van der Waals surface area (Å²) in [6, 6.07) is 10.3. The van der Waals surface area contributed by atoms with Crippen molar-refractivity contribution in [1.29, 1.82) is 0 Å². The molecule has 0 saturated heterocycles. The van der Waals surface area contributed by atoms with Gasteiger partial charge in [-0.15, -0.1) is 0 Å². The van der Waals surface area contributed by atoms with Crippen LogP contribution in [-0.4, -0.2) is 17.6 Å². The molecule has 2 aromatic rings. The first-order chi connectivity index (χ1) is 15.4. The molecule has 0 aromatic heterocycles. The lowest BCUT2D eigenvalue weighted by Crippen LogP contribution is -2.49. The Morgan fingerprint density at radius 3 is 1.97 bits per heavy atom. The Labute approximate surface area is 187 Å². The molecule has 0 radical (unpaired) electrons. The third-order valence-corrected chi connectivity index (χ3v) is 6.41. The third-order valence-electron chi connectivity index (χ3n) is 6.41. The summed E-state index contributed by atoms with van der Waals surface area (Å²) in [5.74, 6) is -1.83. The molecule has 3 nitrogen and oxygen atoms in total. The van der Waals surface area contributed by atoms with Crippen LogP contribution in [0.15, 0.2) is 48.5 Å². The van der Waals surface area contributed by atoms with Crippen molar-refractivity contribution in [2.45, 2.75) is 56.4 Å². The maximum atomic E-state index is 13.2. The van der Waals surface area contributed by atoms with Crippen LogP contribution in [0, 0.1) is 5.92 Å². The number of alkyl halides is 6. The van der Waals surface area contributed by atoms with Crippen LogP contribution in [0.25, 0.3) is 0 Å². The van der Waals surface area contributed by atoms with Gasteiger partial charge in [-0.05, 0) is 67.9 Å². The summed E-state index contributed by atoms with van der Waals surface area (Å²) in [5, 5.41) is 12.4. The highest BCUT2D eigenvalue weighted by molar-refractivity contribution is 5.84. The summed E-state index contributed by atoms with van der Waals surface area (Å²) in [5.41, 5.74) is -3.27. The highest BCUT2D eigenvalue weighted by Crippen LogP contribution is 2.41. The molecule has 1 aliphatic rings. The van der Waals surface area contributed by atoms with E-state index in [2.05, 4.69) is 5.32 Å². The minimum atomic E-state index is -4.99. The minimum Gasteiger partial charge on any atom is -0.396 e. The number of carbonyl (C=O) groups is 1. The fraction of sp³-hybridized carbons (Fsp3) is 0.458. The number of hydrogen-bond acceptors (Lipinski definition) is 2. The van der Waals surface area contributed by atoms with E-state index in [1.165, 1.54) is 6.92 Å². The number of hydrogen-bond donors (Lipinski definition) is 2. The number of aliphatic hydroxyl groups is 1. The molecule has 180 valence electrons. The monoisotopic (exact) mass is 473 g/mol. The van der Waals surface area contributed by atoms with Crippen LogP contribution >= 0.6 is 0 Å². The molecule has 9 heteroatoms. The van der Waals surface area contributed by atoms with Crippen molar-refractivity contribution in [3.05, 3.63) is 70.8 Å². The Hall–Kier alpha value is -2.55. The molecule has 1 atom stereocenters. The van der Waals surface area contributed by atoms with Crippen LogP contribution in [-0.2, 0) is 22.7 Å². The Bertz CT molecular complexity index is 931. The summed E-state index contributed by atoms with van der Waals surface area (Å²) in [4.78, 5) is 13.1. The van der Waals surface area contributed by atoms with Gasteiger partial charge in [0.05, 0.1) is 22.6 Å². The molecule has 2 aromatic carbocycles. The van der Waals surface area contributed by atoms with Crippen molar-refractivity contribution >= 4 is 5.91 Å². The summed E-state index contributed by atoms with van der Waals surface area (Å²) >= 11 is 0. The van der Waals surface area contributed by atoms with E-state index in [0.717, 1.165) is 5.56 Å². The van der Waals surface area contributed by atoms with E-state index < -0.39 is 40.8 Å². The predicted molar refractivity (Wildman–Crippen MR) is 110 cm³/mol. The fourth-order valence-corrected chi connectivity index (χ4v) is 4.32. The lowest BCUT2D eigenvalue weighted by Gasteiger charge is -2.41. The maximum absolute atomic E-state index is 13.2. The minimum absolute atomic E-state index is 0.0136. The van der Waals surface area contributed by atoms with Gasteiger partial charge in [-0.2, -0.15) is 26.3 Å². The van der Waals surface area contributed by atoms with Gasteiger partial charge < -0.3 is 10.4 Å². The zero-order valence-corrected chi connectivity index (χ0v) is 17.9. The molecule has 1 amide bonds. The van der Waals surface area contributed by atoms with Crippen LogP contribution in [0.4, 0.5) is 26.3 Å². The Balaban J connectivity index is 1.94.